The van der Waals surface area contributed by atoms with Crippen molar-refractivity contribution in [1.29, 1.82) is 0 Å². The number of piperazine rings is 1. The highest BCUT2D eigenvalue weighted by molar-refractivity contribution is 5.48. The van der Waals surface area contributed by atoms with E-state index in [0.29, 0.717) is 0 Å². The van der Waals surface area contributed by atoms with Gasteiger partial charge in [0.15, 0.2) is 0 Å². The van der Waals surface area contributed by atoms with Crippen LogP contribution in [-0.2, 0) is 13.0 Å². The SMILES string of the molecule is COc1cc2c(cc1CNCC(C)(C)N1CCN(C)CC1)O[C@@H](C)C2. The summed E-state index contributed by atoms with van der Waals surface area (Å²) in [5.41, 5.74) is 2.58. The van der Waals surface area contributed by atoms with Crippen LogP contribution in [0.4, 0.5) is 0 Å². The Balaban J connectivity index is 1.59. The molecule has 25 heavy (non-hydrogen) atoms. The minimum atomic E-state index is 0.149. The predicted octanol–water partition coefficient (Wildman–Crippen LogP) is 2.13. The maximum absolute atomic E-state index is 5.90. The van der Waals surface area contributed by atoms with E-state index in [0.717, 1.165) is 57.2 Å². The van der Waals surface area contributed by atoms with E-state index in [9.17, 15) is 0 Å². The summed E-state index contributed by atoms with van der Waals surface area (Å²) in [7, 11) is 3.95. The third kappa shape index (κ3) is 4.27. The van der Waals surface area contributed by atoms with E-state index in [4.69, 9.17) is 9.47 Å². The van der Waals surface area contributed by atoms with Gasteiger partial charge in [0, 0.05) is 62.4 Å². The van der Waals surface area contributed by atoms with Crippen molar-refractivity contribution in [3.8, 4) is 11.5 Å². The lowest BCUT2D eigenvalue weighted by Gasteiger charge is -2.43. The van der Waals surface area contributed by atoms with Crippen LogP contribution in [0, 0.1) is 0 Å². The second-order valence-corrected chi connectivity index (χ2v) is 8.11. The van der Waals surface area contributed by atoms with Gasteiger partial charge in [0.25, 0.3) is 0 Å². The number of methoxy groups -OCH3 is 1. The molecule has 0 aliphatic carbocycles. The van der Waals surface area contributed by atoms with Crippen LogP contribution in [0.5, 0.6) is 11.5 Å². The summed E-state index contributed by atoms with van der Waals surface area (Å²) in [4.78, 5) is 4.99. The first kappa shape index (κ1) is 18.5. The predicted molar refractivity (Wildman–Crippen MR) is 102 cm³/mol. The highest BCUT2D eigenvalue weighted by Gasteiger charge is 2.29. The minimum absolute atomic E-state index is 0.149. The summed E-state index contributed by atoms with van der Waals surface area (Å²) in [5.74, 6) is 1.98. The highest BCUT2D eigenvalue weighted by atomic mass is 16.5. The van der Waals surface area contributed by atoms with E-state index >= 15 is 0 Å². The lowest BCUT2D eigenvalue weighted by Crippen LogP contribution is -2.57. The van der Waals surface area contributed by atoms with E-state index in [2.05, 4.69) is 55.1 Å². The number of nitrogens with zero attached hydrogens (tertiary/aromatic N) is 2. The van der Waals surface area contributed by atoms with Gasteiger partial charge in [-0.15, -0.1) is 0 Å². The van der Waals surface area contributed by atoms with Gasteiger partial charge in [0.1, 0.15) is 17.6 Å². The van der Waals surface area contributed by atoms with E-state index in [-0.39, 0.29) is 11.6 Å². The lowest BCUT2D eigenvalue weighted by molar-refractivity contribution is 0.0617. The number of nitrogens with one attached hydrogen (secondary N) is 1. The fourth-order valence-electron chi connectivity index (χ4n) is 3.84. The fraction of sp³-hybridized carbons (Fsp3) is 0.700. The molecule has 3 rings (SSSR count). The van der Waals surface area contributed by atoms with E-state index in [1.807, 2.05) is 0 Å². The molecular formula is C20H33N3O2. The molecule has 5 nitrogen and oxygen atoms in total. The van der Waals surface area contributed by atoms with Crippen LogP contribution in [0.15, 0.2) is 12.1 Å². The Hall–Kier alpha value is -1.30. The topological polar surface area (TPSA) is 37.0 Å². The Bertz CT molecular complexity index is 595. The molecule has 2 heterocycles. The molecule has 0 spiro atoms. The Morgan fingerprint density at radius 3 is 2.64 bits per heavy atom. The first-order chi connectivity index (χ1) is 11.9. The van der Waals surface area contributed by atoms with Crippen molar-refractivity contribution in [2.75, 3.05) is 46.9 Å². The van der Waals surface area contributed by atoms with Crippen LogP contribution >= 0.6 is 0 Å². The molecule has 0 saturated carbocycles. The summed E-state index contributed by atoms with van der Waals surface area (Å²) in [5, 5.41) is 3.64. The largest absolute Gasteiger partial charge is 0.496 e. The van der Waals surface area contributed by atoms with Crippen molar-refractivity contribution < 1.29 is 9.47 Å². The van der Waals surface area contributed by atoms with Crippen molar-refractivity contribution in [2.45, 2.75) is 45.4 Å². The molecule has 1 saturated heterocycles. The quantitative estimate of drug-likeness (QED) is 0.853. The Morgan fingerprint density at radius 1 is 1.24 bits per heavy atom. The summed E-state index contributed by atoms with van der Waals surface area (Å²) in [6.07, 6.45) is 1.23. The Kier molecular flexibility index (Phi) is 5.56. The zero-order valence-electron chi connectivity index (χ0n) is 16.4. The third-order valence-electron chi connectivity index (χ3n) is 5.53. The van der Waals surface area contributed by atoms with Gasteiger partial charge in [0.05, 0.1) is 7.11 Å². The first-order valence-corrected chi connectivity index (χ1v) is 9.40. The second kappa shape index (κ2) is 7.52. The Labute approximate surface area is 152 Å². The molecule has 5 heteroatoms. The number of benzene rings is 1. The molecule has 2 aliphatic heterocycles. The average molecular weight is 348 g/mol. The molecule has 1 atom stereocenters. The second-order valence-electron chi connectivity index (χ2n) is 8.11. The minimum Gasteiger partial charge on any atom is -0.496 e. The highest BCUT2D eigenvalue weighted by Crippen LogP contribution is 2.35. The standard InChI is InChI=1S/C20H33N3O2/c1-15-10-16-11-18(24-5)17(12-19(16)25-15)13-21-14-20(2,3)23-8-6-22(4)7-9-23/h11-12,15,21H,6-10,13-14H2,1-5H3/t15-/m0/s1. The smallest absolute Gasteiger partial charge is 0.123 e. The monoisotopic (exact) mass is 347 g/mol. The number of hydrogen-bond donors (Lipinski definition) is 1. The van der Waals surface area contributed by atoms with Crippen molar-refractivity contribution in [2.24, 2.45) is 0 Å². The van der Waals surface area contributed by atoms with Gasteiger partial charge in [-0.2, -0.15) is 0 Å². The number of hydrogen-bond acceptors (Lipinski definition) is 5. The molecule has 0 amide bonds. The molecule has 0 unspecified atom stereocenters. The molecule has 0 bridgehead atoms. The molecule has 1 aromatic rings. The van der Waals surface area contributed by atoms with E-state index in [1.165, 1.54) is 11.1 Å². The summed E-state index contributed by atoms with van der Waals surface area (Å²) in [6.45, 7) is 13.1. The maximum Gasteiger partial charge on any atom is 0.123 e. The zero-order valence-corrected chi connectivity index (χ0v) is 16.4. The molecule has 1 fully saturated rings. The molecule has 0 radical (unpaired) electrons. The van der Waals surface area contributed by atoms with E-state index < -0.39 is 0 Å². The average Bonchev–Trinajstić information content (AvgIpc) is 2.93. The molecule has 140 valence electrons. The molecule has 1 aromatic carbocycles. The van der Waals surface area contributed by atoms with Crippen molar-refractivity contribution in [3.05, 3.63) is 23.3 Å². The van der Waals surface area contributed by atoms with Gasteiger partial charge in [-0.1, -0.05) is 0 Å². The lowest BCUT2D eigenvalue weighted by atomic mass is 10.0. The number of fused-ring (bicyclic) bond motifs is 1. The molecule has 0 aromatic heterocycles. The summed E-state index contributed by atoms with van der Waals surface area (Å²) < 4.78 is 11.5. The van der Waals surface area contributed by atoms with Gasteiger partial charge < -0.3 is 19.7 Å². The maximum atomic E-state index is 5.90. The first-order valence-electron chi connectivity index (χ1n) is 9.40. The molecular weight excluding hydrogens is 314 g/mol. The van der Waals surface area contributed by atoms with Crippen LogP contribution < -0.4 is 14.8 Å². The molecule has 2 aliphatic rings. The summed E-state index contributed by atoms with van der Waals surface area (Å²) >= 11 is 0. The van der Waals surface area contributed by atoms with Crippen LogP contribution in [0.2, 0.25) is 0 Å². The van der Waals surface area contributed by atoms with Gasteiger partial charge >= 0.3 is 0 Å². The molecule has 1 N–H and O–H groups in total. The normalized spacial score (nSPS) is 21.9. The number of likely N-dealkylation sites (N-methyl/N-ethyl adjacent to an activating group) is 1. The zero-order chi connectivity index (χ0) is 18.0. The van der Waals surface area contributed by atoms with Gasteiger partial charge in [0.2, 0.25) is 0 Å². The Morgan fingerprint density at radius 2 is 1.96 bits per heavy atom. The number of ether oxygens (including phenoxy) is 2. The fourth-order valence-corrected chi connectivity index (χ4v) is 3.84. The summed E-state index contributed by atoms with van der Waals surface area (Å²) in [6, 6.07) is 4.29. The van der Waals surface area contributed by atoms with Gasteiger partial charge in [-0.3, -0.25) is 4.90 Å². The van der Waals surface area contributed by atoms with Gasteiger partial charge in [-0.25, -0.2) is 0 Å². The van der Waals surface area contributed by atoms with Crippen molar-refractivity contribution in [3.63, 3.8) is 0 Å². The number of rotatable bonds is 6. The van der Waals surface area contributed by atoms with Gasteiger partial charge in [-0.05, 0) is 40.0 Å². The van der Waals surface area contributed by atoms with Crippen LogP contribution in [0.1, 0.15) is 31.9 Å². The van der Waals surface area contributed by atoms with Crippen LogP contribution in [-0.4, -0.2) is 68.3 Å². The van der Waals surface area contributed by atoms with E-state index in [1.54, 1.807) is 7.11 Å². The van der Waals surface area contributed by atoms with Crippen LogP contribution in [0.3, 0.4) is 0 Å². The van der Waals surface area contributed by atoms with Crippen molar-refractivity contribution in [1.82, 2.24) is 15.1 Å². The third-order valence-corrected chi connectivity index (χ3v) is 5.53. The van der Waals surface area contributed by atoms with Crippen LogP contribution in [0.25, 0.3) is 0 Å². The van der Waals surface area contributed by atoms with Crippen molar-refractivity contribution >= 4 is 0 Å².